The van der Waals surface area contributed by atoms with E-state index in [0.717, 1.165) is 29.2 Å². The zero-order valence-electron chi connectivity index (χ0n) is 12.5. The normalized spacial score (nSPS) is 19.9. The Balaban J connectivity index is 2.12. The molecule has 1 aromatic carbocycles. The monoisotopic (exact) mass is 297 g/mol. The Bertz CT molecular complexity index is 438. The van der Waals surface area contributed by atoms with Crippen LogP contribution in [0.2, 0.25) is 0 Å². The van der Waals surface area contributed by atoms with Crippen LogP contribution in [0.1, 0.15) is 38.8 Å². The summed E-state index contributed by atoms with van der Waals surface area (Å²) in [5.41, 5.74) is 1.10. The van der Waals surface area contributed by atoms with Crippen LogP contribution in [0.5, 0.6) is 0 Å². The van der Waals surface area contributed by atoms with Crippen molar-refractivity contribution in [2.24, 2.45) is 5.92 Å². The minimum Gasteiger partial charge on any atom is -0.380 e. The highest BCUT2D eigenvalue weighted by atomic mass is 32.2. The van der Waals surface area contributed by atoms with Crippen molar-refractivity contribution in [2.45, 2.75) is 44.2 Å². The van der Waals surface area contributed by atoms with Gasteiger partial charge in [-0.05, 0) is 36.6 Å². The van der Waals surface area contributed by atoms with Gasteiger partial charge in [-0.3, -0.25) is 0 Å². The third-order valence-electron chi connectivity index (χ3n) is 3.75. The first-order valence-corrected chi connectivity index (χ1v) is 8.37. The number of nitrogens with one attached hydrogen (secondary N) is 1. The van der Waals surface area contributed by atoms with Gasteiger partial charge in [0.2, 0.25) is 0 Å². The summed E-state index contributed by atoms with van der Waals surface area (Å²) < 4.78 is 19.4. The predicted molar refractivity (Wildman–Crippen MR) is 82.7 cm³/mol. The van der Waals surface area contributed by atoms with E-state index in [4.69, 9.17) is 4.74 Å². The molecule has 0 aliphatic carbocycles. The van der Waals surface area contributed by atoms with Gasteiger partial charge in [-0.2, -0.15) is 0 Å². The summed E-state index contributed by atoms with van der Waals surface area (Å²) in [6.07, 6.45) is 1.04. The van der Waals surface area contributed by atoms with Crippen molar-refractivity contribution in [3.05, 3.63) is 29.6 Å². The molecule has 2 atom stereocenters. The van der Waals surface area contributed by atoms with Gasteiger partial charge in [0, 0.05) is 23.6 Å². The van der Waals surface area contributed by atoms with Gasteiger partial charge >= 0.3 is 0 Å². The number of ether oxygens (including phenoxy) is 1. The average molecular weight is 297 g/mol. The highest BCUT2D eigenvalue weighted by Gasteiger charge is 2.26. The van der Waals surface area contributed by atoms with Crippen molar-refractivity contribution in [1.29, 1.82) is 0 Å². The van der Waals surface area contributed by atoms with Crippen molar-refractivity contribution in [1.82, 2.24) is 5.32 Å². The Labute approximate surface area is 125 Å². The molecule has 2 unspecified atom stereocenters. The van der Waals surface area contributed by atoms with E-state index in [1.807, 2.05) is 19.1 Å². The zero-order chi connectivity index (χ0) is 14.5. The van der Waals surface area contributed by atoms with Crippen molar-refractivity contribution >= 4 is 11.8 Å². The third-order valence-corrected chi connectivity index (χ3v) is 4.91. The van der Waals surface area contributed by atoms with E-state index >= 15 is 0 Å². The van der Waals surface area contributed by atoms with Gasteiger partial charge in [-0.15, -0.1) is 11.8 Å². The number of halogens is 1. The van der Waals surface area contributed by atoms with E-state index in [2.05, 4.69) is 19.2 Å². The Kier molecular flexibility index (Phi) is 5.87. The van der Waals surface area contributed by atoms with Crippen molar-refractivity contribution in [2.75, 3.05) is 19.0 Å². The van der Waals surface area contributed by atoms with Crippen molar-refractivity contribution < 1.29 is 9.13 Å². The summed E-state index contributed by atoms with van der Waals surface area (Å²) in [7, 11) is 0. The highest BCUT2D eigenvalue weighted by Crippen LogP contribution is 2.38. The fourth-order valence-corrected chi connectivity index (χ4v) is 3.64. The minimum atomic E-state index is -0.0927. The summed E-state index contributed by atoms with van der Waals surface area (Å²) in [5, 5.41) is 3.67. The second kappa shape index (κ2) is 7.43. The van der Waals surface area contributed by atoms with Crippen LogP contribution in [0, 0.1) is 11.7 Å². The molecule has 0 saturated heterocycles. The minimum absolute atomic E-state index is 0.0927. The van der Waals surface area contributed by atoms with E-state index in [1.54, 1.807) is 17.8 Å². The number of rotatable bonds is 6. The Morgan fingerprint density at radius 3 is 2.95 bits per heavy atom. The number of benzene rings is 1. The molecule has 0 amide bonds. The van der Waals surface area contributed by atoms with Gasteiger partial charge in [-0.1, -0.05) is 26.0 Å². The quantitative estimate of drug-likeness (QED) is 0.857. The maximum absolute atomic E-state index is 13.9. The fraction of sp³-hybridized carbons (Fsp3) is 0.625. The lowest BCUT2D eigenvalue weighted by Gasteiger charge is -2.32. The molecule has 4 heteroatoms. The van der Waals surface area contributed by atoms with Crippen LogP contribution in [0.3, 0.4) is 0 Å². The molecule has 2 rings (SSSR count). The number of thioether (sulfide) groups is 1. The maximum atomic E-state index is 13.9. The third kappa shape index (κ3) is 3.74. The number of hydrogen-bond donors (Lipinski definition) is 1. The van der Waals surface area contributed by atoms with Crippen LogP contribution in [0.15, 0.2) is 23.1 Å². The summed E-state index contributed by atoms with van der Waals surface area (Å²) in [6.45, 7) is 7.85. The van der Waals surface area contributed by atoms with Gasteiger partial charge in [0.05, 0.1) is 6.61 Å². The number of hydrogen-bond acceptors (Lipinski definition) is 3. The topological polar surface area (TPSA) is 21.3 Å². The van der Waals surface area contributed by atoms with Gasteiger partial charge in [0.1, 0.15) is 5.82 Å². The van der Waals surface area contributed by atoms with E-state index in [0.29, 0.717) is 18.6 Å². The SMILES string of the molecule is CCOCC(NC1CCSc2c(F)cccc21)C(C)C. The Morgan fingerprint density at radius 1 is 1.45 bits per heavy atom. The first-order chi connectivity index (χ1) is 9.63. The van der Waals surface area contributed by atoms with Crippen molar-refractivity contribution in [3.8, 4) is 0 Å². The summed E-state index contributed by atoms with van der Waals surface area (Å²) >= 11 is 1.63. The molecular formula is C16H24FNOS. The molecule has 20 heavy (non-hydrogen) atoms. The molecule has 1 aromatic rings. The molecule has 2 nitrogen and oxygen atoms in total. The molecule has 0 radical (unpaired) electrons. The van der Waals surface area contributed by atoms with E-state index < -0.39 is 0 Å². The maximum Gasteiger partial charge on any atom is 0.137 e. The first-order valence-electron chi connectivity index (χ1n) is 7.38. The standard InChI is InChI=1S/C16H24FNOS/c1-4-19-10-15(11(2)3)18-14-8-9-20-16-12(14)6-5-7-13(16)17/h5-7,11,14-15,18H,4,8-10H2,1-3H3. The van der Waals surface area contributed by atoms with Crippen LogP contribution in [-0.4, -0.2) is 25.0 Å². The van der Waals surface area contributed by atoms with Crippen LogP contribution >= 0.6 is 11.8 Å². The molecule has 1 aliphatic heterocycles. The Hall–Kier alpha value is -0.580. The van der Waals surface area contributed by atoms with E-state index in [9.17, 15) is 4.39 Å². The molecule has 0 aromatic heterocycles. The van der Waals surface area contributed by atoms with E-state index in [-0.39, 0.29) is 11.9 Å². The lowest BCUT2D eigenvalue weighted by Crippen LogP contribution is -2.41. The summed E-state index contributed by atoms with van der Waals surface area (Å²) in [6, 6.07) is 5.94. The van der Waals surface area contributed by atoms with Gasteiger partial charge in [0.15, 0.2) is 0 Å². The first kappa shape index (κ1) is 15.8. The van der Waals surface area contributed by atoms with Crippen molar-refractivity contribution in [3.63, 3.8) is 0 Å². The number of fused-ring (bicyclic) bond motifs is 1. The van der Waals surface area contributed by atoms with E-state index in [1.165, 1.54) is 0 Å². The van der Waals surface area contributed by atoms with Crippen LogP contribution < -0.4 is 5.32 Å². The molecule has 0 fully saturated rings. The van der Waals surface area contributed by atoms with Crippen LogP contribution in [-0.2, 0) is 4.74 Å². The largest absolute Gasteiger partial charge is 0.380 e. The van der Waals surface area contributed by atoms with Gasteiger partial charge < -0.3 is 10.1 Å². The molecule has 1 N–H and O–H groups in total. The lowest BCUT2D eigenvalue weighted by molar-refractivity contribution is 0.103. The highest BCUT2D eigenvalue weighted by molar-refractivity contribution is 7.99. The van der Waals surface area contributed by atoms with Gasteiger partial charge in [0.25, 0.3) is 0 Å². The molecule has 112 valence electrons. The molecule has 0 saturated carbocycles. The molecule has 1 aliphatic rings. The predicted octanol–water partition coefficient (Wildman–Crippen LogP) is 4.01. The second-order valence-corrected chi connectivity index (χ2v) is 6.63. The molecule has 1 heterocycles. The zero-order valence-corrected chi connectivity index (χ0v) is 13.3. The summed E-state index contributed by atoms with van der Waals surface area (Å²) in [4.78, 5) is 0.815. The van der Waals surface area contributed by atoms with Crippen LogP contribution in [0.25, 0.3) is 0 Å². The average Bonchev–Trinajstić information content (AvgIpc) is 2.44. The van der Waals surface area contributed by atoms with Crippen LogP contribution in [0.4, 0.5) is 4.39 Å². The van der Waals surface area contributed by atoms with Gasteiger partial charge in [-0.25, -0.2) is 4.39 Å². The molecule has 0 bridgehead atoms. The molecular weight excluding hydrogens is 273 g/mol. The summed E-state index contributed by atoms with van der Waals surface area (Å²) in [5.74, 6) is 1.36. The Morgan fingerprint density at radius 2 is 2.25 bits per heavy atom. The second-order valence-electron chi connectivity index (χ2n) is 5.52. The fourth-order valence-electron chi connectivity index (χ4n) is 2.50. The smallest absolute Gasteiger partial charge is 0.137 e. The lowest BCUT2D eigenvalue weighted by atomic mass is 9.99. The molecule has 0 spiro atoms.